The lowest BCUT2D eigenvalue weighted by Gasteiger charge is -2.26. The molecule has 3 N–H and O–H groups in total. The highest BCUT2D eigenvalue weighted by molar-refractivity contribution is 5.80. The van der Waals surface area contributed by atoms with Gasteiger partial charge in [-0.05, 0) is 27.7 Å². The summed E-state index contributed by atoms with van der Waals surface area (Å²) in [7, 11) is 0. The first-order chi connectivity index (χ1) is 7.54. The van der Waals surface area contributed by atoms with E-state index in [-0.39, 0.29) is 0 Å². The molecule has 17 heavy (non-hydrogen) atoms. The van der Waals surface area contributed by atoms with Gasteiger partial charge in [-0.3, -0.25) is 0 Å². The second kappa shape index (κ2) is 5.86. The van der Waals surface area contributed by atoms with Gasteiger partial charge in [-0.1, -0.05) is 6.92 Å². The monoisotopic (exact) mass is 247 g/mol. The van der Waals surface area contributed by atoms with Crippen LogP contribution >= 0.6 is 0 Å². The van der Waals surface area contributed by atoms with Crippen molar-refractivity contribution in [1.29, 1.82) is 0 Å². The minimum Gasteiger partial charge on any atom is -0.480 e. The largest absolute Gasteiger partial charge is 0.480 e. The van der Waals surface area contributed by atoms with E-state index in [1.54, 1.807) is 27.7 Å². The molecule has 3 atom stereocenters. The molecule has 1 unspecified atom stereocenters. The third kappa shape index (κ3) is 6.11. The summed E-state index contributed by atoms with van der Waals surface area (Å²) in [6, 6.07) is -1.18. The SMILES string of the molecule is C[C@H](O)[C@H](C)C(NC(=O)OC(C)(C)C)C(=O)O. The molecule has 0 aromatic heterocycles. The van der Waals surface area contributed by atoms with E-state index < -0.39 is 35.7 Å². The van der Waals surface area contributed by atoms with Crippen LogP contribution in [0.25, 0.3) is 0 Å². The Balaban J connectivity index is 4.57. The number of aliphatic carboxylic acids is 1. The molecule has 0 radical (unpaired) electrons. The third-order valence-electron chi connectivity index (χ3n) is 2.22. The topological polar surface area (TPSA) is 95.9 Å². The molecule has 0 saturated carbocycles. The standard InChI is InChI=1S/C11H21NO5/c1-6(7(2)13)8(9(14)15)12-10(16)17-11(3,4)5/h6-8,13H,1-5H3,(H,12,16)(H,14,15)/t6-,7-,8?/m0/s1. The molecule has 0 bridgehead atoms. The van der Waals surface area contributed by atoms with E-state index in [2.05, 4.69) is 5.32 Å². The predicted octanol–water partition coefficient (Wildman–Crippen LogP) is 0.981. The lowest BCUT2D eigenvalue weighted by atomic mass is 9.97. The first-order valence-corrected chi connectivity index (χ1v) is 5.45. The van der Waals surface area contributed by atoms with Crippen LogP contribution in [-0.4, -0.2) is 40.0 Å². The molecular weight excluding hydrogens is 226 g/mol. The maximum absolute atomic E-state index is 11.4. The van der Waals surface area contributed by atoms with Crippen molar-refractivity contribution < 1.29 is 24.5 Å². The fraction of sp³-hybridized carbons (Fsp3) is 0.818. The van der Waals surface area contributed by atoms with Crippen LogP contribution in [0.5, 0.6) is 0 Å². The zero-order valence-electron chi connectivity index (χ0n) is 10.9. The lowest BCUT2D eigenvalue weighted by Crippen LogP contribution is -2.49. The van der Waals surface area contributed by atoms with Gasteiger partial charge in [0.15, 0.2) is 0 Å². The predicted molar refractivity (Wildman–Crippen MR) is 61.6 cm³/mol. The Morgan fingerprint density at radius 2 is 1.71 bits per heavy atom. The molecule has 0 aliphatic rings. The molecule has 0 aliphatic carbocycles. The van der Waals surface area contributed by atoms with Gasteiger partial charge in [-0.15, -0.1) is 0 Å². The lowest BCUT2D eigenvalue weighted by molar-refractivity contribution is -0.142. The van der Waals surface area contributed by atoms with E-state index >= 15 is 0 Å². The van der Waals surface area contributed by atoms with E-state index in [4.69, 9.17) is 9.84 Å². The molecule has 0 spiro atoms. The fourth-order valence-corrected chi connectivity index (χ4v) is 1.13. The van der Waals surface area contributed by atoms with Crippen molar-refractivity contribution in [1.82, 2.24) is 5.32 Å². The summed E-state index contributed by atoms with van der Waals surface area (Å²) in [6.45, 7) is 8.06. The van der Waals surface area contributed by atoms with Crippen LogP contribution in [0.1, 0.15) is 34.6 Å². The molecule has 0 saturated heterocycles. The van der Waals surface area contributed by atoms with Crippen molar-refractivity contribution in [3.63, 3.8) is 0 Å². The highest BCUT2D eigenvalue weighted by atomic mass is 16.6. The third-order valence-corrected chi connectivity index (χ3v) is 2.22. The van der Waals surface area contributed by atoms with Gasteiger partial charge in [0.05, 0.1) is 6.10 Å². The number of hydrogen-bond donors (Lipinski definition) is 3. The van der Waals surface area contributed by atoms with Crippen molar-refractivity contribution >= 4 is 12.1 Å². The number of aliphatic hydroxyl groups is 1. The van der Waals surface area contributed by atoms with Crippen LogP contribution < -0.4 is 5.32 Å². The van der Waals surface area contributed by atoms with Gasteiger partial charge in [0.25, 0.3) is 0 Å². The summed E-state index contributed by atoms with van der Waals surface area (Å²) in [6.07, 6.45) is -1.65. The first kappa shape index (κ1) is 15.7. The van der Waals surface area contributed by atoms with Gasteiger partial charge < -0.3 is 20.3 Å². The summed E-state index contributed by atoms with van der Waals surface area (Å²) in [5.41, 5.74) is -0.693. The van der Waals surface area contributed by atoms with Crippen LogP contribution in [0.3, 0.4) is 0 Å². The molecule has 0 aliphatic heterocycles. The number of aliphatic hydroxyl groups excluding tert-OH is 1. The van der Waals surface area contributed by atoms with Crippen molar-refractivity contribution in [3.05, 3.63) is 0 Å². The second-order valence-corrected chi connectivity index (χ2v) is 5.06. The normalized spacial score (nSPS) is 16.8. The molecule has 0 aromatic carbocycles. The van der Waals surface area contributed by atoms with Gasteiger partial charge in [0.1, 0.15) is 11.6 Å². The number of nitrogens with one attached hydrogen (secondary N) is 1. The number of carbonyl (C=O) groups excluding carboxylic acids is 1. The number of hydrogen-bond acceptors (Lipinski definition) is 4. The van der Waals surface area contributed by atoms with Crippen LogP contribution in [0.4, 0.5) is 4.79 Å². The number of carboxylic acid groups (broad SMARTS) is 1. The Morgan fingerprint density at radius 3 is 2.00 bits per heavy atom. The maximum atomic E-state index is 11.4. The van der Waals surface area contributed by atoms with Crippen LogP contribution in [0.2, 0.25) is 0 Å². The fourth-order valence-electron chi connectivity index (χ4n) is 1.13. The van der Waals surface area contributed by atoms with Crippen molar-refractivity contribution in [2.45, 2.75) is 52.4 Å². The Morgan fingerprint density at radius 1 is 1.24 bits per heavy atom. The second-order valence-electron chi connectivity index (χ2n) is 5.06. The van der Waals surface area contributed by atoms with E-state index in [0.29, 0.717) is 0 Å². The average Bonchev–Trinajstić information content (AvgIpc) is 2.09. The Hall–Kier alpha value is -1.30. The summed E-state index contributed by atoms with van der Waals surface area (Å²) < 4.78 is 4.95. The van der Waals surface area contributed by atoms with Gasteiger partial charge >= 0.3 is 12.1 Å². The van der Waals surface area contributed by atoms with Crippen molar-refractivity contribution in [2.75, 3.05) is 0 Å². The molecule has 6 heteroatoms. The number of alkyl carbamates (subject to hydrolysis) is 1. The minimum atomic E-state index is -1.20. The number of carbonyl (C=O) groups is 2. The van der Waals surface area contributed by atoms with E-state index in [1.807, 2.05) is 0 Å². The van der Waals surface area contributed by atoms with Crippen molar-refractivity contribution in [3.8, 4) is 0 Å². The number of ether oxygens (including phenoxy) is 1. The summed E-state index contributed by atoms with van der Waals surface area (Å²) in [4.78, 5) is 22.4. The van der Waals surface area contributed by atoms with E-state index in [9.17, 15) is 14.7 Å². The molecule has 1 amide bonds. The Labute approximate surface area is 101 Å². The highest BCUT2D eigenvalue weighted by Crippen LogP contribution is 2.11. The molecule has 6 nitrogen and oxygen atoms in total. The Kier molecular flexibility index (Phi) is 5.41. The summed E-state index contributed by atoms with van der Waals surface area (Å²) in [5, 5.41) is 20.5. The quantitative estimate of drug-likeness (QED) is 0.688. The zero-order chi connectivity index (χ0) is 13.8. The van der Waals surface area contributed by atoms with Crippen molar-refractivity contribution in [2.24, 2.45) is 5.92 Å². The van der Waals surface area contributed by atoms with Crippen LogP contribution in [-0.2, 0) is 9.53 Å². The smallest absolute Gasteiger partial charge is 0.408 e. The summed E-state index contributed by atoms with van der Waals surface area (Å²) >= 11 is 0. The maximum Gasteiger partial charge on any atom is 0.408 e. The minimum absolute atomic E-state index is 0.611. The van der Waals surface area contributed by atoms with Gasteiger partial charge in [0, 0.05) is 5.92 Å². The summed E-state index contributed by atoms with van der Waals surface area (Å²) in [5.74, 6) is -1.82. The number of rotatable bonds is 4. The molecule has 0 fully saturated rings. The molecule has 0 aromatic rings. The number of carboxylic acids is 1. The van der Waals surface area contributed by atoms with Gasteiger partial charge in [-0.2, -0.15) is 0 Å². The average molecular weight is 247 g/mol. The van der Waals surface area contributed by atoms with Crippen LogP contribution in [0.15, 0.2) is 0 Å². The number of amides is 1. The zero-order valence-corrected chi connectivity index (χ0v) is 10.9. The first-order valence-electron chi connectivity index (χ1n) is 5.45. The van der Waals surface area contributed by atoms with E-state index in [1.165, 1.54) is 6.92 Å². The van der Waals surface area contributed by atoms with E-state index in [0.717, 1.165) is 0 Å². The van der Waals surface area contributed by atoms with Gasteiger partial charge in [0.2, 0.25) is 0 Å². The molecule has 0 heterocycles. The van der Waals surface area contributed by atoms with Gasteiger partial charge in [-0.25, -0.2) is 9.59 Å². The molecular formula is C11H21NO5. The molecule has 0 rings (SSSR count). The molecule has 100 valence electrons. The highest BCUT2D eigenvalue weighted by Gasteiger charge is 2.31. The Bertz CT molecular complexity index is 282. The van der Waals surface area contributed by atoms with Crippen LogP contribution in [0, 0.1) is 5.92 Å².